The van der Waals surface area contributed by atoms with Crippen molar-refractivity contribution in [3.8, 4) is 6.07 Å². The highest BCUT2D eigenvalue weighted by Crippen LogP contribution is 2.61. The molecule has 0 aromatic carbocycles. The summed E-state index contributed by atoms with van der Waals surface area (Å²) in [4.78, 5) is 4.10. The van der Waals surface area contributed by atoms with Crippen molar-refractivity contribution in [3.05, 3.63) is 29.6 Å². The van der Waals surface area contributed by atoms with Crippen LogP contribution in [0.2, 0.25) is 0 Å². The lowest BCUT2D eigenvalue weighted by molar-refractivity contribution is 0.312. The predicted octanol–water partition coefficient (Wildman–Crippen LogP) is 1.03. The summed E-state index contributed by atoms with van der Waals surface area (Å²) in [5, 5.41) is 12.1. The van der Waals surface area contributed by atoms with Gasteiger partial charge in [-0.1, -0.05) is 0 Å². The number of aromatic nitrogens is 1. The first-order chi connectivity index (χ1) is 6.84. The molecule has 2 heterocycles. The van der Waals surface area contributed by atoms with Crippen LogP contribution >= 0.6 is 0 Å². The van der Waals surface area contributed by atoms with Crippen LogP contribution in [-0.4, -0.2) is 18.1 Å². The predicted molar refractivity (Wildman–Crippen MR) is 51.6 cm³/mol. The van der Waals surface area contributed by atoms with Crippen molar-refractivity contribution in [3.63, 3.8) is 0 Å². The minimum atomic E-state index is 0.524. The minimum absolute atomic E-state index is 0.524. The number of nitrogens with one attached hydrogen (secondary N) is 1. The van der Waals surface area contributed by atoms with Gasteiger partial charge in [-0.05, 0) is 24.0 Å². The van der Waals surface area contributed by atoms with Crippen LogP contribution in [0.1, 0.15) is 23.5 Å². The smallest absolute Gasteiger partial charge is 0.101 e. The van der Waals surface area contributed by atoms with Gasteiger partial charge in [-0.3, -0.25) is 4.98 Å². The van der Waals surface area contributed by atoms with Gasteiger partial charge in [-0.25, -0.2) is 0 Å². The number of hydrogen-bond acceptors (Lipinski definition) is 3. The van der Waals surface area contributed by atoms with Gasteiger partial charge in [0.05, 0.1) is 5.56 Å². The fourth-order valence-corrected chi connectivity index (χ4v) is 2.37. The second-order valence-electron chi connectivity index (χ2n) is 4.34. The van der Waals surface area contributed by atoms with E-state index < -0.39 is 0 Å². The molecule has 1 atom stereocenters. The van der Waals surface area contributed by atoms with E-state index in [1.807, 2.05) is 12.3 Å². The Hall–Kier alpha value is -1.40. The summed E-state index contributed by atoms with van der Waals surface area (Å²) in [6.07, 6.45) is 4.78. The zero-order valence-electron chi connectivity index (χ0n) is 7.83. The highest BCUT2D eigenvalue weighted by molar-refractivity contribution is 5.36. The molecule has 0 radical (unpaired) electrons. The quantitative estimate of drug-likeness (QED) is 0.711. The van der Waals surface area contributed by atoms with E-state index in [-0.39, 0.29) is 0 Å². The molecule has 1 saturated heterocycles. The molecule has 1 spiro atoms. The lowest BCUT2D eigenvalue weighted by Crippen LogP contribution is -2.44. The van der Waals surface area contributed by atoms with Gasteiger partial charge in [0.2, 0.25) is 0 Å². The topological polar surface area (TPSA) is 48.7 Å². The number of hydrogen-bond donors (Lipinski definition) is 1. The minimum Gasteiger partial charge on any atom is -0.315 e. The van der Waals surface area contributed by atoms with Crippen LogP contribution in [0.15, 0.2) is 18.5 Å². The second-order valence-corrected chi connectivity index (χ2v) is 4.34. The number of nitrogens with zero attached hydrogens (tertiary/aromatic N) is 2. The van der Waals surface area contributed by atoms with Gasteiger partial charge in [0.1, 0.15) is 6.07 Å². The van der Waals surface area contributed by atoms with E-state index in [1.54, 1.807) is 6.20 Å². The SMILES string of the molecule is N#Cc1cncc(C2CC23CNC3)c1. The van der Waals surface area contributed by atoms with E-state index >= 15 is 0 Å². The zero-order valence-corrected chi connectivity index (χ0v) is 7.83. The molecular weight excluding hydrogens is 174 g/mol. The summed E-state index contributed by atoms with van der Waals surface area (Å²) in [6, 6.07) is 4.11. The Morgan fingerprint density at radius 2 is 2.36 bits per heavy atom. The van der Waals surface area contributed by atoms with Crippen LogP contribution in [0.5, 0.6) is 0 Å². The lowest BCUT2D eigenvalue weighted by atomic mass is 9.94. The van der Waals surface area contributed by atoms with Gasteiger partial charge in [0.25, 0.3) is 0 Å². The summed E-state index contributed by atoms with van der Waals surface area (Å²) in [5.41, 5.74) is 2.44. The summed E-state index contributed by atoms with van der Waals surface area (Å²) in [6.45, 7) is 2.27. The highest BCUT2D eigenvalue weighted by atomic mass is 15.0. The molecule has 14 heavy (non-hydrogen) atoms. The van der Waals surface area contributed by atoms with Crippen LogP contribution < -0.4 is 5.32 Å². The van der Waals surface area contributed by atoms with E-state index in [4.69, 9.17) is 5.26 Å². The molecule has 0 amide bonds. The van der Waals surface area contributed by atoms with E-state index in [0.717, 1.165) is 13.1 Å². The lowest BCUT2D eigenvalue weighted by Gasteiger charge is -2.28. The highest BCUT2D eigenvalue weighted by Gasteiger charge is 2.58. The molecule has 2 aliphatic rings. The van der Waals surface area contributed by atoms with Crippen LogP contribution in [-0.2, 0) is 0 Å². The Bertz CT molecular complexity index is 415. The molecule has 1 saturated carbocycles. The maximum atomic E-state index is 8.76. The number of rotatable bonds is 1. The average Bonchev–Trinajstić information content (AvgIpc) is 2.93. The van der Waals surface area contributed by atoms with Crippen molar-refractivity contribution < 1.29 is 0 Å². The molecule has 3 nitrogen and oxygen atoms in total. The molecule has 3 rings (SSSR count). The summed E-state index contributed by atoms with van der Waals surface area (Å²) >= 11 is 0. The normalized spacial score (nSPS) is 26.6. The molecular formula is C11H11N3. The molecule has 1 N–H and O–H groups in total. The summed E-state index contributed by atoms with van der Waals surface area (Å²) in [7, 11) is 0. The van der Waals surface area contributed by atoms with Crippen LogP contribution in [0.4, 0.5) is 0 Å². The Morgan fingerprint density at radius 1 is 1.50 bits per heavy atom. The molecule has 1 aromatic heterocycles. The standard InChI is InChI=1S/C11H11N3/c12-3-8-1-9(5-13-4-8)10-2-11(10)6-14-7-11/h1,4-5,10,14H,2,6-7H2. The fraction of sp³-hybridized carbons (Fsp3) is 0.455. The van der Waals surface area contributed by atoms with Gasteiger partial charge in [-0.15, -0.1) is 0 Å². The van der Waals surface area contributed by atoms with Crippen molar-refractivity contribution in [2.24, 2.45) is 5.41 Å². The van der Waals surface area contributed by atoms with Gasteiger partial charge < -0.3 is 5.32 Å². The molecule has 1 aromatic rings. The van der Waals surface area contributed by atoms with E-state index in [9.17, 15) is 0 Å². The largest absolute Gasteiger partial charge is 0.315 e. The molecule has 0 bridgehead atoms. The van der Waals surface area contributed by atoms with Gasteiger partial charge in [0.15, 0.2) is 0 Å². The Labute approximate surface area is 82.8 Å². The fourth-order valence-electron chi connectivity index (χ4n) is 2.37. The van der Waals surface area contributed by atoms with Crippen molar-refractivity contribution in [2.45, 2.75) is 12.3 Å². The van der Waals surface area contributed by atoms with Crippen molar-refractivity contribution in [1.29, 1.82) is 5.26 Å². The second kappa shape index (κ2) is 2.55. The third-order valence-corrected chi connectivity index (χ3v) is 3.43. The molecule has 1 aliphatic carbocycles. The first kappa shape index (κ1) is 7.95. The summed E-state index contributed by atoms with van der Waals surface area (Å²) in [5.74, 6) is 0.643. The van der Waals surface area contributed by atoms with Crippen LogP contribution in [0.3, 0.4) is 0 Å². The molecule has 70 valence electrons. The van der Waals surface area contributed by atoms with Crippen molar-refractivity contribution >= 4 is 0 Å². The van der Waals surface area contributed by atoms with Gasteiger partial charge in [0, 0.05) is 30.9 Å². The zero-order chi connectivity index (χ0) is 9.60. The molecule has 2 fully saturated rings. The van der Waals surface area contributed by atoms with Gasteiger partial charge >= 0.3 is 0 Å². The third kappa shape index (κ3) is 0.978. The Kier molecular flexibility index (Phi) is 1.45. The first-order valence-corrected chi connectivity index (χ1v) is 4.90. The monoisotopic (exact) mass is 185 g/mol. The van der Waals surface area contributed by atoms with Crippen molar-refractivity contribution in [1.82, 2.24) is 10.3 Å². The van der Waals surface area contributed by atoms with Crippen molar-refractivity contribution in [2.75, 3.05) is 13.1 Å². The Balaban J connectivity index is 1.88. The van der Waals surface area contributed by atoms with E-state index in [0.29, 0.717) is 16.9 Å². The first-order valence-electron chi connectivity index (χ1n) is 4.90. The summed E-state index contributed by atoms with van der Waals surface area (Å²) < 4.78 is 0. The number of nitriles is 1. The van der Waals surface area contributed by atoms with Gasteiger partial charge in [-0.2, -0.15) is 5.26 Å². The number of pyridine rings is 1. The molecule has 1 aliphatic heterocycles. The third-order valence-electron chi connectivity index (χ3n) is 3.43. The molecule has 3 heteroatoms. The average molecular weight is 185 g/mol. The van der Waals surface area contributed by atoms with E-state index in [1.165, 1.54) is 12.0 Å². The molecule has 1 unspecified atom stereocenters. The van der Waals surface area contributed by atoms with Crippen LogP contribution in [0, 0.1) is 16.7 Å². The maximum Gasteiger partial charge on any atom is 0.101 e. The van der Waals surface area contributed by atoms with Crippen LogP contribution in [0.25, 0.3) is 0 Å². The Morgan fingerprint density at radius 3 is 2.93 bits per heavy atom. The van der Waals surface area contributed by atoms with E-state index in [2.05, 4.69) is 16.4 Å². The maximum absolute atomic E-state index is 8.76.